The van der Waals surface area contributed by atoms with Crippen LogP contribution in [0.4, 0.5) is 4.39 Å². The maximum absolute atomic E-state index is 13.6. The average molecular weight is 289 g/mol. The maximum Gasteiger partial charge on any atom is 0.151 e. The molecule has 1 aliphatic carbocycles. The van der Waals surface area contributed by atoms with Gasteiger partial charge in [0.05, 0.1) is 6.54 Å². The maximum atomic E-state index is 13.6. The molecule has 0 amide bonds. The second-order valence-electron chi connectivity index (χ2n) is 6.53. The van der Waals surface area contributed by atoms with E-state index in [2.05, 4.69) is 4.90 Å². The lowest BCUT2D eigenvalue weighted by Crippen LogP contribution is -2.38. The van der Waals surface area contributed by atoms with Gasteiger partial charge in [0.1, 0.15) is 5.82 Å². The Balaban J connectivity index is 1.57. The fourth-order valence-electron chi connectivity index (χ4n) is 4.06. The Bertz CT molecular complexity index is 496. The largest absolute Gasteiger partial charge is 0.298 e. The zero-order valence-electron chi connectivity index (χ0n) is 12.6. The van der Waals surface area contributed by atoms with Crippen LogP contribution in [-0.4, -0.2) is 29.8 Å². The van der Waals surface area contributed by atoms with Gasteiger partial charge in [0, 0.05) is 12.5 Å². The van der Waals surface area contributed by atoms with Crippen LogP contribution in [0, 0.1) is 11.7 Å². The molecule has 0 radical (unpaired) electrons. The van der Waals surface area contributed by atoms with E-state index < -0.39 is 0 Å². The van der Waals surface area contributed by atoms with Crippen LogP contribution in [0.5, 0.6) is 0 Å². The first kappa shape index (κ1) is 14.7. The van der Waals surface area contributed by atoms with Crippen molar-refractivity contribution in [3.05, 3.63) is 35.6 Å². The van der Waals surface area contributed by atoms with Gasteiger partial charge in [0.2, 0.25) is 0 Å². The van der Waals surface area contributed by atoms with Crippen molar-refractivity contribution in [3.8, 4) is 0 Å². The van der Waals surface area contributed by atoms with Crippen LogP contribution in [0.2, 0.25) is 0 Å². The van der Waals surface area contributed by atoms with E-state index in [0.29, 0.717) is 18.2 Å². The number of hydrogen-bond donors (Lipinski definition) is 0. The molecular weight excluding hydrogens is 265 g/mol. The zero-order chi connectivity index (χ0) is 14.7. The normalized spacial score (nSPS) is 23.8. The van der Waals surface area contributed by atoms with E-state index in [9.17, 15) is 9.18 Å². The Labute approximate surface area is 126 Å². The highest BCUT2D eigenvalue weighted by Crippen LogP contribution is 2.35. The number of rotatable bonds is 5. The van der Waals surface area contributed by atoms with E-state index in [-0.39, 0.29) is 18.0 Å². The lowest BCUT2D eigenvalue weighted by molar-refractivity contribution is -0.120. The van der Waals surface area contributed by atoms with Crippen molar-refractivity contribution in [1.82, 2.24) is 4.90 Å². The van der Waals surface area contributed by atoms with Gasteiger partial charge in [0.15, 0.2) is 5.78 Å². The van der Waals surface area contributed by atoms with Crippen molar-refractivity contribution in [2.24, 2.45) is 5.92 Å². The highest BCUT2D eigenvalue weighted by Gasteiger charge is 2.33. The molecule has 2 nitrogen and oxygen atoms in total. The van der Waals surface area contributed by atoms with E-state index in [4.69, 9.17) is 0 Å². The van der Waals surface area contributed by atoms with Crippen LogP contribution in [0.1, 0.15) is 44.1 Å². The third-order valence-corrected chi connectivity index (χ3v) is 5.08. The summed E-state index contributed by atoms with van der Waals surface area (Å²) in [6, 6.07) is 7.20. The highest BCUT2D eigenvalue weighted by atomic mass is 19.1. The van der Waals surface area contributed by atoms with Crippen molar-refractivity contribution in [3.63, 3.8) is 0 Å². The number of Topliss-reactive ketones (excluding diaryl/α,β-unsaturated/α-hetero) is 1. The topological polar surface area (TPSA) is 20.3 Å². The first-order valence-corrected chi connectivity index (χ1v) is 8.23. The van der Waals surface area contributed by atoms with Crippen LogP contribution >= 0.6 is 0 Å². The van der Waals surface area contributed by atoms with E-state index >= 15 is 0 Å². The molecule has 1 unspecified atom stereocenters. The molecule has 3 rings (SSSR count). The first-order chi connectivity index (χ1) is 10.2. The SMILES string of the molecule is O=C(Cc1ccccc1F)CN1CCCC1C1CCCC1. The Hall–Kier alpha value is -1.22. The van der Waals surface area contributed by atoms with Crippen molar-refractivity contribution in [2.45, 2.75) is 51.0 Å². The Morgan fingerprint density at radius 1 is 1.14 bits per heavy atom. The summed E-state index contributed by atoms with van der Waals surface area (Å²) in [5, 5.41) is 0. The molecule has 0 bridgehead atoms. The van der Waals surface area contributed by atoms with Crippen LogP contribution in [0.25, 0.3) is 0 Å². The van der Waals surface area contributed by atoms with E-state index in [1.165, 1.54) is 44.6 Å². The van der Waals surface area contributed by atoms with Gasteiger partial charge in [-0.25, -0.2) is 4.39 Å². The number of hydrogen-bond acceptors (Lipinski definition) is 2. The monoisotopic (exact) mass is 289 g/mol. The average Bonchev–Trinajstić information content (AvgIpc) is 3.11. The van der Waals surface area contributed by atoms with E-state index in [0.717, 1.165) is 12.5 Å². The zero-order valence-corrected chi connectivity index (χ0v) is 12.6. The van der Waals surface area contributed by atoms with Crippen molar-refractivity contribution >= 4 is 5.78 Å². The summed E-state index contributed by atoms with van der Waals surface area (Å²) in [6.07, 6.45) is 7.99. The van der Waals surface area contributed by atoms with E-state index in [1.54, 1.807) is 18.2 Å². The van der Waals surface area contributed by atoms with Gasteiger partial charge in [-0.05, 0) is 49.8 Å². The molecule has 3 heteroatoms. The van der Waals surface area contributed by atoms with Gasteiger partial charge in [-0.1, -0.05) is 31.0 Å². The smallest absolute Gasteiger partial charge is 0.151 e. The lowest BCUT2D eigenvalue weighted by atomic mass is 9.95. The molecule has 1 aliphatic heterocycles. The minimum atomic E-state index is -0.264. The summed E-state index contributed by atoms with van der Waals surface area (Å²) in [4.78, 5) is 14.6. The van der Waals surface area contributed by atoms with Crippen LogP contribution in [0.3, 0.4) is 0 Å². The number of benzene rings is 1. The van der Waals surface area contributed by atoms with E-state index in [1.807, 2.05) is 0 Å². The van der Waals surface area contributed by atoms with Gasteiger partial charge >= 0.3 is 0 Å². The second-order valence-corrected chi connectivity index (χ2v) is 6.53. The third kappa shape index (κ3) is 3.52. The summed E-state index contributed by atoms with van der Waals surface area (Å²) < 4.78 is 13.6. The number of likely N-dealkylation sites (tertiary alicyclic amines) is 1. The summed E-state index contributed by atoms with van der Waals surface area (Å²) in [5.74, 6) is 0.665. The quantitative estimate of drug-likeness (QED) is 0.825. The molecule has 21 heavy (non-hydrogen) atoms. The summed E-state index contributed by atoms with van der Waals surface area (Å²) in [5.41, 5.74) is 0.527. The van der Waals surface area contributed by atoms with Gasteiger partial charge in [-0.3, -0.25) is 9.69 Å². The molecule has 114 valence electrons. The number of ketones is 1. The second kappa shape index (κ2) is 6.69. The molecule has 2 aliphatic rings. The van der Waals surface area contributed by atoms with Crippen molar-refractivity contribution in [1.29, 1.82) is 0 Å². The fourth-order valence-corrected chi connectivity index (χ4v) is 4.06. The first-order valence-electron chi connectivity index (χ1n) is 8.23. The molecule has 1 atom stereocenters. The van der Waals surface area contributed by atoms with Crippen LogP contribution in [0.15, 0.2) is 24.3 Å². The summed E-state index contributed by atoms with van der Waals surface area (Å²) in [6.45, 7) is 1.53. The van der Waals surface area contributed by atoms with Gasteiger partial charge in [-0.15, -0.1) is 0 Å². The molecule has 1 saturated heterocycles. The lowest BCUT2D eigenvalue weighted by Gasteiger charge is -2.28. The predicted octanol–water partition coefficient (Wildman–Crippen LogP) is 3.59. The minimum Gasteiger partial charge on any atom is -0.298 e. The molecule has 1 aromatic rings. The van der Waals surface area contributed by atoms with Crippen LogP contribution < -0.4 is 0 Å². The molecule has 0 aromatic heterocycles. The molecular formula is C18H24FNO. The predicted molar refractivity (Wildman–Crippen MR) is 81.7 cm³/mol. The number of carbonyl (C=O) groups is 1. The fraction of sp³-hybridized carbons (Fsp3) is 0.611. The van der Waals surface area contributed by atoms with Crippen molar-refractivity contribution < 1.29 is 9.18 Å². The summed E-state index contributed by atoms with van der Waals surface area (Å²) >= 11 is 0. The summed E-state index contributed by atoms with van der Waals surface area (Å²) in [7, 11) is 0. The molecule has 1 heterocycles. The van der Waals surface area contributed by atoms with Gasteiger partial charge in [0.25, 0.3) is 0 Å². The Kier molecular flexibility index (Phi) is 4.69. The minimum absolute atomic E-state index is 0.144. The van der Waals surface area contributed by atoms with Crippen molar-refractivity contribution in [2.75, 3.05) is 13.1 Å². The Morgan fingerprint density at radius 2 is 1.90 bits per heavy atom. The molecule has 0 N–H and O–H groups in total. The van der Waals surface area contributed by atoms with Gasteiger partial charge in [-0.2, -0.15) is 0 Å². The molecule has 2 fully saturated rings. The highest BCUT2D eigenvalue weighted by molar-refractivity contribution is 5.82. The third-order valence-electron chi connectivity index (χ3n) is 5.08. The van der Waals surface area contributed by atoms with Gasteiger partial charge < -0.3 is 0 Å². The molecule has 0 spiro atoms. The molecule has 1 saturated carbocycles. The number of nitrogens with zero attached hydrogens (tertiary/aromatic N) is 1. The number of halogens is 1. The molecule has 1 aromatic carbocycles. The Morgan fingerprint density at radius 3 is 2.67 bits per heavy atom. The van der Waals surface area contributed by atoms with Crippen LogP contribution in [-0.2, 0) is 11.2 Å². The number of carbonyl (C=O) groups excluding carboxylic acids is 1. The standard InChI is InChI=1S/C18H24FNO/c19-17-9-4-3-8-15(17)12-16(21)13-20-11-5-10-18(20)14-6-1-2-7-14/h3-4,8-9,14,18H,1-2,5-7,10-13H2.